The molecule has 0 radical (unpaired) electrons. The predicted octanol–water partition coefficient (Wildman–Crippen LogP) is 5.87. The molecule has 0 aliphatic carbocycles. The lowest BCUT2D eigenvalue weighted by atomic mass is 10.0. The summed E-state index contributed by atoms with van der Waals surface area (Å²) in [6.45, 7) is 1.70. The normalized spacial score (nSPS) is 10.7. The van der Waals surface area contributed by atoms with Gasteiger partial charge in [0.25, 0.3) is 0 Å². The summed E-state index contributed by atoms with van der Waals surface area (Å²) in [5.74, 6) is -0.791. The maximum atomic E-state index is 13.7. The highest BCUT2D eigenvalue weighted by Crippen LogP contribution is 2.32. The number of nitrogens with zero attached hydrogens (tertiary/aromatic N) is 1. The van der Waals surface area contributed by atoms with Crippen molar-refractivity contribution in [1.29, 1.82) is 0 Å². The lowest BCUT2D eigenvalue weighted by Crippen LogP contribution is -2.16. The van der Waals surface area contributed by atoms with Crippen molar-refractivity contribution in [3.8, 4) is 22.4 Å². The molecule has 2 N–H and O–H groups in total. The first-order chi connectivity index (χ1) is 16.9. The van der Waals surface area contributed by atoms with Crippen LogP contribution in [0.4, 0.5) is 14.9 Å². The first-order valence-corrected chi connectivity index (χ1v) is 11.0. The van der Waals surface area contributed by atoms with E-state index in [1.165, 1.54) is 6.07 Å². The van der Waals surface area contributed by atoms with Crippen LogP contribution in [0.15, 0.2) is 77.3 Å². The molecule has 0 fully saturated rings. The van der Waals surface area contributed by atoms with Gasteiger partial charge in [-0.3, -0.25) is 10.1 Å². The third kappa shape index (κ3) is 5.92. The van der Waals surface area contributed by atoms with Gasteiger partial charge in [-0.15, -0.1) is 0 Å². The van der Waals surface area contributed by atoms with Crippen LogP contribution in [-0.2, 0) is 22.4 Å². The van der Waals surface area contributed by atoms with Gasteiger partial charge in [0.2, 0.25) is 0 Å². The van der Waals surface area contributed by atoms with Gasteiger partial charge in [-0.2, -0.15) is 0 Å². The second kappa shape index (κ2) is 10.6. The first-order valence-electron chi connectivity index (χ1n) is 11.0. The van der Waals surface area contributed by atoms with Crippen LogP contribution in [0.5, 0.6) is 0 Å². The molecule has 4 rings (SSSR count). The molecule has 0 aliphatic heterocycles. The number of carboxylic acid groups (broad SMARTS) is 1. The third-order valence-electron chi connectivity index (χ3n) is 5.45. The predicted molar refractivity (Wildman–Crippen MR) is 129 cm³/mol. The molecule has 178 valence electrons. The van der Waals surface area contributed by atoms with Crippen LogP contribution in [0.1, 0.15) is 16.9 Å². The number of carbonyl (C=O) groups excluding carboxylic acids is 1. The Morgan fingerprint density at radius 1 is 0.971 bits per heavy atom. The minimum Gasteiger partial charge on any atom is -0.481 e. The Labute approximate surface area is 201 Å². The molecule has 1 aromatic heterocycles. The number of nitrogens with one attached hydrogen (secondary N) is 1. The van der Waals surface area contributed by atoms with Crippen LogP contribution >= 0.6 is 0 Å². The highest BCUT2D eigenvalue weighted by molar-refractivity contribution is 5.91. The average molecular weight is 474 g/mol. The van der Waals surface area contributed by atoms with Crippen molar-refractivity contribution in [2.24, 2.45) is 0 Å². The number of anilines is 1. The zero-order valence-corrected chi connectivity index (χ0v) is 19.0. The number of ether oxygens (including phenoxy) is 1. The summed E-state index contributed by atoms with van der Waals surface area (Å²) in [6, 6.07) is 21.2. The Morgan fingerprint density at radius 2 is 1.60 bits per heavy atom. The minimum absolute atomic E-state index is 0.0202. The number of aliphatic carboxylic acids is 1. The van der Waals surface area contributed by atoms with Gasteiger partial charge >= 0.3 is 12.1 Å². The summed E-state index contributed by atoms with van der Waals surface area (Å²) < 4.78 is 24.2. The van der Waals surface area contributed by atoms with Crippen molar-refractivity contribution in [1.82, 2.24) is 5.16 Å². The molecule has 0 spiro atoms. The minimum atomic E-state index is -0.872. The van der Waals surface area contributed by atoms with Gasteiger partial charge in [0.05, 0.1) is 13.0 Å². The van der Waals surface area contributed by atoms with Gasteiger partial charge in [-0.25, -0.2) is 9.18 Å². The fourth-order valence-corrected chi connectivity index (χ4v) is 3.62. The van der Waals surface area contributed by atoms with Gasteiger partial charge < -0.3 is 14.4 Å². The van der Waals surface area contributed by atoms with Crippen molar-refractivity contribution in [3.63, 3.8) is 0 Å². The summed E-state index contributed by atoms with van der Waals surface area (Å²) in [5.41, 5.74) is 4.67. The Bertz CT molecular complexity index is 1330. The van der Waals surface area contributed by atoms with E-state index in [4.69, 9.17) is 14.4 Å². The Hall–Kier alpha value is -4.46. The molecule has 8 heteroatoms. The molecule has 4 aromatic rings. The second-order valence-corrected chi connectivity index (χ2v) is 7.91. The fraction of sp³-hybridized carbons (Fsp3) is 0.148. The maximum absolute atomic E-state index is 13.7. The smallest absolute Gasteiger partial charge is 0.411 e. The standard InChI is InChI=1S/C27H23FN2O5/c1-17-25(29-27(33)34-15-14-21-4-2-3-5-23(21)28)26(30-35-17)22-12-10-20(11-13-22)19-8-6-18(7-9-19)16-24(31)32/h2-13H,14-16H2,1H3,(H,29,33)(H,31,32). The van der Waals surface area contributed by atoms with Crippen LogP contribution in [0, 0.1) is 12.7 Å². The Balaban J connectivity index is 1.41. The van der Waals surface area contributed by atoms with Crippen LogP contribution in [-0.4, -0.2) is 28.9 Å². The summed E-state index contributed by atoms with van der Waals surface area (Å²) in [6.07, 6.45) is -0.451. The van der Waals surface area contributed by atoms with Gasteiger partial charge in [-0.05, 0) is 35.2 Å². The number of carbonyl (C=O) groups is 2. The van der Waals surface area contributed by atoms with Crippen molar-refractivity contribution in [3.05, 3.63) is 95.5 Å². The van der Waals surface area contributed by atoms with E-state index in [9.17, 15) is 14.0 Å². The molecule has 1 heterocycles. The zero-order valence-electron chi connectivity index (χ0n) is 19.0. The van der Waals surface area contributed by atoms with E-state index in [0.717, 1.165) is 22.3 Å². The molecular weight excluding hydrogens is 451 g/mol. The maximum Gasteiger partial charge on any atom is 0.411 e. The van der Waals surface area contributed by atoms with Crippen molar-refractivity contribution in [2.75, 3.05) is 11.9 Å². The van der Waals surface area contributed by atoms with Crippen LogP contribution < -0.4 is 5.32 Å². The first kappa shape index (κ1) is 23.7. The van der Waals surface area contributed by atoms with Crippen LogP contribution in [0.2, 0.25) is 0 Å². The van der Waals surface area contributed by atoms with Crippen molar-refractivity contribution >= 4 is 17.7 Å². The number of benzene rings is 3. The fourth-order valence-electron chi connectivity index (χ4n) is 3.62. The number of rotatable bonds is 8. The molecule has 0 bridgehead atoms. The summed E-state index contributed by atoms with van der Waals surface area (Å²) in [5, 5.41) is 15.6. The Kier molecular flexibility index (Phi) is 7.21. The monoisotopic (exact) mass is 474 g/mol. The molecule has 0 atom stereocenters. The highest BCUT2D eigenvalue weighted by atomic mass is 19.1. The summed E-state index contributed by atoms with van der Waals surface area (Å²) in [7, 11) is 0. The van der Waals surface area contributed by atoms with Gasteiger partial charge in [0.15, 0.2) is 5.76 Å². The largest absolute Gasteiger partial charge is 0.481 e. The highest BCUT2D eigenvalue weighted by Gasteiger charge is 2.18. The van der Waals surface area contributed by atoms with E-state index in [2.05, 4.69) is 10.5 Å². The molecule has 0 unspecified atom stereocenters. The summed E-state index contributed by atoms with van der Waals surface area (Å²) >= 11 is 0. The lowest BCUT2D eigenvalue weighted by Gasteiger charge is -2.09. The van der Waals surface area contributed by atoms with E-state index in [0.29, 0.717) is 22.7 Å². The van der Waals surface area contributed by atoms with Crippen LogP contribution in [0.3, 0.4) is 0 Å². The molecule has 1 amide bonds. The molecule has 0 aliphatic rings. The number of hydrogen-bond donors (Lipinski definition) is 2. The molecular formula is C27H23FN2O5. The topological polar surface area (TPSA) is 102 Å². The van der Waals surface area contributed by atoms with Crippen molar-refractivity contribution < 1.29 is 28.3 Å². The molecule has 7 nitrogen and oxygen atoms in total. The summed E-state index contributed by atoms with van der Waals surface area (Å²) in [4.78, 5) is 23.2. The van der Waals surface area contributed by atoms with Gasteiger partial charge in [-0.1, -0.05) is 71.9 Å². The molecule has 0 saturated carbocycles. The molecule has 3 aromatic carbocycles. The van der Waals surface area contributed by atoms with Gasteiger partial charge in [0, 0.05) is 12.0 Å². The Morgan fingerprint density at radius 3 is 2.26 bits per heavy atom. The van der Waals surface area contributed by atoms with Crippen LogP contribution in [0.25, 0.3) is 22.4 Å². The quantitative estimate of drug-likeness (QED) is 0.331. The van der Waals surface area contributed by atoms with E-state index in [1.807, 2.05) is 36.4 Å². The number of amides is 1. The SMILES string of the molecule is Cc1onc(-c2ccc(-c3ccc(CC(=O)O)cc3)cc2)c1NC(=O)OCCc1ccccc1F. The second-order valence-electron chi connectivity index (χ2n) is 7.91. The third-order valence-corrected chi connectivity index (χ3v) is 5.45. The number of hydrogen-bond acceptors (Lipinski definition) is 5. The lowest BCUT2D eigenvalue weighted by molar-refractivity contribution is -0.136. The van der Waals surface area contributed by atoms with Crippen molar-refractivity contribution in [2.45, 2.75) is 19.8 Å². The molecule has 35 heavy (non-hydrogen) atoms. The van der Waals surface area contributed by atoms with E-state index in [-0.39, 0.29) is 25.3 Å². The molecule has 0 saturated heterocycles. The zero-order chi connectivity index (χ0) is 24.8. The number of aryl methyl sites for hydroxylation is 1. The number of aromatic nitrogens is 1. The van der Waals surface area contributed by atoms with Gasteiger partial charge in [0.1, 0.15) is 17.2 Å². The average Bonchev–Trinajstić information content (AvgIpc) is 3.20. The van der Waals surface area contributed by atoms with E-state index in [1.54, 1.807) is 37.3 Å². The number of halogens is 1. The van der Waals surface area contributed by atoms with E-state index < -0.39 is 12.1 Å². The van der Waals surface area contributed by atoms with E-state index >= 15 is 0 Å². The number of carboxylic acids is 1.